The Labute approximate surface area is 162 Å². The van der Waals surface area contributed by atoms with Gasteiger partial charge >= 0.3 is 0 Å². The van der Waals surface area contributed by atoms with Gasteiger partial charge in [0.25, 0.3) is 0 Å². The Morgan fingerprint density at radius 3 is 2.48 bits per heavy atom. The summed E-state index contributed by atoms with van der Waals surface area (Å²) in [5.41, 5.74) is 5.41. The monoisotopic (exact) mass is 385 g/mol. The van der Waals surface area contributed by atoms with Crippen molar-refractivity contribution in [2.45, 2.75) is 18.9 Å². The molecule has 0 aromatic heterocycles. The van der Waals surface area contributed by atoms with Gasteiger partial charge in [-0.3, -0.25) is 10.2 Å². The zero-order valence-electron chi connectivity index (χ0n) is 14.6. The number of carbonyl (C=O) groups excluding carboxylic acids is 2. The number of aliphatic carboxylic acids is 1. The van der Waals surface area contributed by atoms with Crippen LogP contribution in [-0.2, 0) is 9.59 Å². The first-order chi connectivity index (χ1) is 13.0. The van der Waals surface area contributed by atoms with E-state index in [0.717, 1.165) is 22.6 Å². The number of halogens is 1. The molecule has 0 saturated heterocycles. The topological polar surface area (TPSA) is 81.7 Å². The van der Waals surface area contributed by atoms with Crippen molar-refractivity contribution in [3.8, 4) is 5.75 Å². The predicted molar refractivity (Wildman–Crippen MR) is 99.4 cm³/mol. The lowest BCUT2D eigenvalue weighted by molar-refractivity contribution is -0.305. The summed E-state index contributed by atoms with van der Waals surface area (Å²) in [6.45, 7) is 0. The summed E-state index contributed by atoms with van der Waals surface area (Å²) in [6.07, 6.45) is 1.38. The summed E-state index contributed by atoms with van der Waals surface area (Å²) in [7, 11) is 1.59. The molecule has 1 atom stereocenters. The maximum absolute atomic E-state index is 12.6. The summed E-state index contributed by atoms with van der Waals surface area (Å²) in [5.74, 6) is -0.897. The molecular weight excluding hydrogens is 368 g/mol. The van der Waals surface area contributed by atoms with Gasteiger partial charge in [0.05, 0.1) is 12.8 Å². The zero-order chi connectivity index (χ0) is 19.4. The van der Waals surface area contributed by atoms with E-state index >= 15 is 0 Å². The molecule has 0 radical (unpaired) electrons. The SMILES string of the molecule is COc1ccc(C2=C[C@@H](c3ccccc3Cl)N(C(=O)CCC(=O)[O-])N2)cc1. The maximum Gasteiger partial charge on any atom is 0.242 e. The molecule has 3 rings (SSSR count). The van der Waals surface area contributed by atoms with Crippen LogP contribution >= 0.6 is 11.6 Å². The van der Waals surface area contributed by atoms with Crippen LogP contribution < -0.4 is 15.3 Å². The van der Waals surface area contributed by atoms with Crippen LogP contribution in [-0.4, -0.2) is 24.0 Å². The molecule has 0 fully saturated rings. The first-order valence-electron chi connectivity index (χ1n) is 8.39. The molecule has 0 aliphatic carbocycles. The van der Waals surface area contributed by atoms with Crippen LogP contribution in [0.25, 0.3) is 5.70 Å². The number of benzene rings is 2. The molecule has 0 saturated carbocycles. The Morgan fingerprint density at radius 1 is 1.15 bits per heavy atom. The second kappa shape index (κ2) is 8.14. The third kappa shape index (κ3) is 4.23. The molecule has 6 nitrogen and oxygen atoms in total. The van der Waals surface area contributed by atoms with E-state index in [9.17, 15) is 14.7 Å². The number of rotatable bonds is 6. The van der Waals surface area contributed by atoms with E-state index in [4.69, 9.17) is 16.3 Å². The number of hydrogen-bond acceptors (Lipinski definition) is 5. The standard InChI is InChI=1S/C20H19ClN2O4/c1-27-14-8-6-13(7-9-14)17-12-18(15-4-2-3-5-16(15)21)23(22-17)19(24)10-11-20(25)26/h2-9,12,18,22H,10-11H2,1H3,(H,25,26)/p-1/t18-/m0/s1. The summed E-state index contributed by atoms with van der Waals surface area (Å²) in [5, 5.41) is 12.7. The van der Waals surface area contributed by atoms with E-state index in [1.54, 1.807) is 13.2 Å². The van der Waals surface area contributed by atoms with E-state index in [-0.39, 0.29) is 18.7 Å². The second-order valence-electron chi connectivity index (χ2n) is 6.02. The van der Waals surface area contributed by atoms with Crippen molar-refractivity contribution in [3.63, 3.8) is 0 Å². The minimum Gasteiger partial charge on any atom is -0.550 e. The molecule has 0 spiro atoms. The number of ether oxygens (including phenoxy) is 1. The minimum absolute atomic E-state index is 0.167. The lowest BCUT2D eigenvalue weighted by Gasteiger charge is -2.26. The Morgan fingerprint density at radius 2 is 1.85 bits per heavy atom. The Hall–Kier alpha value is -2.99. The average molecular weight is 386 g/mol. The number of amides is 1. The summed E-state index contributed by atoms with van der Waals surface area (Å²) in [4.78, 5) is 23.3. The van der Waals surface area contributed by atoms with Crippen molar-refractivity contribution < 1.29 is 19.4 Å². The fourth-order valence-corrected chi connectivity index (χ4v) is 3.14. The van der Waals surface area contributed by atoms with Crippen LogP contribution in [0.3, 0.4) is 0 Å². The van der Waals surface area contributed by atoms with Gasteiger partial charge < -0.3 is 14.6 Å². The Balaban J connectivity index is 1.92. The third-order valence-corrected chi connectivity index (χ3v) is 4.62. The predicted octanol–water partition coefficient (Wildman–Crippen LogP) is 2.31. The quantitative estimate of drug-likeness (QED) is 0.825. The number of nitrogens with one attached hydrogen (secondary N) is 1. The number of carboxylic acids is 1. The number of nitrogens with zero attached hydrogens (tertiary/aromatic N) is 1. The number of methoxy groups -OCH3 is 1. The van der Waals surface area contributed by atoms with Gasteiger partial charge in [-0.1, -0.05) is 29.8 Å². The first-order valence-corrected chi connectivity index (χ1v) is 8.76. The van der Waals surface area contributed by atoms with Gasteiger partial charge in [-0.25, -0.2) is 5.01 Å². The zero-order valence-corrected chi connectivity index (χ0v) is 15.4. The van der Waals surface area contributed by atoms with Gasteiger partial charge in [-0.15, -0.1) is 0 Å². The van der Waals surface area contributed by atoms with Crippen LogP contribution in [0.5, 0.6) is 5.75 Å². The third-order valence-electron chi connectivity index (χ3n) is 4.28. The summed E-state index contributed by atoms with van der Waals surface area (Å²) in [6, 6.07) is 14.2. The first kappa shape index (κ1) is 18.8. The smallest absolute Gasteiger partial charge is 0.242 e. The molecule has 0 unspecified atom stereocenters. The van der Waals surface area contributed by atoms with Crippen molar-refractivity contribution in [1.82, 2.24) is 10.4 Å². The lowest BCUT2D eigenvalue weighted by Crippen LogP contribution is -2.40. The molecule has 7 heteroatoms. The Bertz CT molecular complexity index is 880. The second-order valence-corrected chi connectivity index (χ2v) is 6.43. The van der Waals surface area contributed by atoms with E-state index < -0.39 is 12.0 Å². The van der Waals surface area contributed by atoms with E-state index in [1.807, 2.05) is 48.5 Å². The van der Waals surface area contributed by atoms with Crippen molar-refractivity contribution in [2.75, 3.05) is 7.11 Å². The highest BCUT2D eigenvalue weighted by atomic mass is 35.5. The van der Waals surface area contributed by atoms with Crippen molar-refractivity contribution in [2.24, 2.45) is 0 Å². The number of carboxylic acid groups (broad SMARTS) is 1. The van der Waals surface area contributed by atoms with Gasteiger partial charge in [0.15, 0.2) is 0 Å². The van der Waals surface area contributed by atoms with Gasteiger partial charge in [0.2, 0.25) is 5.91 Å². The van der Waals surface area contributed by atoms with Crippen molar-refractivity contribution >= 4 is 29.2 Å². The molecular formula is C20H18ClN2O4-. The average Bonchev–Trinajstić information content (AvgIpc) is 3.11. The van der Waals surface area contributed by atoms with Crippen molar-refractivity contribution in [1.29, 1.82) is 0 Å². The number of hydrazine groups is 1. The molecule has 140 valence electrons. The van der Waals surface area contributed by atoms with Crippen LogP contribution in [0.4, 0.5) is 0 Å². The summed E-state index contributed by atoms with van der Waals surface area (Å²) < 4.78 is 5.17. The molecule has 1 N–H and O–H groups in total. The molecule has 2 aromatic carbocycles. The normalized spacial score (nSPS) is 15.9. The van der Waals surface area contributed by atoms with E-state index in [1.165, 1.54) is 5.01 Å². The molecule has 2 aromatic rings. The van der Waals surface area contributed by atoms with E-state index in [0.29, 0.717) is 5.02 Å². The van der Waals surface area contributed by atoms with Crippen LogP contribution in [0.2, 0.25) is 5.02 Å². The van der Waals surface area contributed by atoms with Gasteiger partial charge in [0, 0.05) is 17.4 Å². The van der Waals surface area contributed by atoms with Gasteiger partial charge in [0.1, 0.15) is 11.8 Å². The van der Waals surface area contributed by atoms with Crippen molar-refractivity contribution in [3.05, 3.63) is 70.8 Å². The van der Waals surface area contributed by atoms with E-state index in [2.05, 4.69) is 5.43 Å². The highest BCUT2D eigenvalue weighted by Crippen LogP contribution is 2.35. The fraction of sp³-hybridized carbons (Fsp3) is 0.200. The highest BCUT2D eigenvalue weighted by Gasteiger charge is 2.31. The van der Waals surface area contributed by atoms with Gasteiger partial charge in [-0.05, 0) is 54.0 Å². The Kier molecular flexibility index (Phi) is 5.66. The number of hydrogen-bond donors (Lipinski definition) is 1. The fourth-order valence-electron chi connectivity index (χ4n) is 2.89. The van der Waals surface area contributed by atoms with Crippen LogP contribution in [0, 0.1) is 0 Å². The molecule has 1 aliphatic heterocycles. The summed E-state index contributed by atoms with van der Waals surface area (Å²) >= 11 is 6.32. The molecule has 1 aliphatic rings. The maximum atomic E-state index is 12.6. The van der Waals surface area contributed by atoms with Crippen LogP contribution in [0.1, 0.15) is 30.0 Å². The number of carbonyl (C=O) groups is 2. The lowest BCUT2D eigenvalue weighted by atomic mass is 10.0. The minimum atomic E-state index is -1.26. The molecule has 0 bridgehead atoms. The molecule has 1 heterocycles. The largest absolute Gasteiger partial charge is 0.550 e. The highest BCUT2D eigenvalue weighted by molar-refractivity contribution is 6.31. The van der Waals surface area contributed by atoms with Crippen LogP contribution in [0.15, 0.2) is 54.6 Å². The molecule has 27 heavy (non-hydrogen) atoms. The molecule has 1 amide bonds. The van der Waals surface area contributed by atoms with Gasteiger partial charge in [-0.2, -0.15) is 0 Å².